The molecule has 0 radical (unpaired) electrons. The summed E-state index contributed by atoms with van der Waals surface area (Å²) >= 11 is 5.16. The standard InChI is InChI=1S/C11H18N2O2S/c14-8-9-7-12-11(16)13(9)5-4-10-3-1-2-6-15-10/h7,10,14H,1-6,8H2,(H,12,16). The fraction of sp³-hybridized carbons (Fsp3) is 0.727. The van der Waals surface area contributed by atoms with E-state index in [1.165, 1.54) is 12.8 Å². The van der Waals surface area contributed by atoms with E-state index in [4.69, 9.17) is 22.1 Å². The number of rotatable bonds is 4. The number of aromatic nitrogens is 2. The van der Waals surface area contributed by atoms with Gasteiger partial charge in [0.25, 0.3) is 0 Å². The average Bonchev–Trinajstić information content (AvgIpc) is 2.69. The highest BCUT2D eigenvalue weighted by atomic mass is 32.1. The monoisotopic (exact) mass is 242 g/mol. The summed E-state index contributed by atoms with van der Waals surface area (Å²) in [6.45, 7) is 1.73. The molecule has 5 heteroatoms. The van der Waals surface area contributed by atoms with Gasteiger partial charge in [-0.1, -0.05) is 0 Å². The van der Waals surface area contributed by atoms with Gasteiger partial charge in [0.1, 0.15) is 0 Å². The first-order chi connectivity index (χ1) is 7.81. The van der Waals surface area contributed by atoms with Gasteiger partial charge < -0.3 is 19.4 Å². The molecule has 0 aromatic carbocycles. The maximum absolute atomic E-state index is 9.15. The lowest BCUT2D eigenvalue weighted by atomic mass is 10.1. The average molecular weight is 242 g/mol. The Morgan fingerprint density at radius 2 is 2.44 bits per heavy atom. The number of nitrogens with one attached hydrogen (secondary N) is 1. The second kappa shape index (κ2) is 5.61. The Bertz CT molecular complexity index is 380. The van der Waals surface area contributed by atoms with Crippen LogP contribution in [0.4, 0.5) is 0 Å². The van der Waals surface area contributed by atoms with Crippen LogP contribution in [0.5, 0.6) is 0 Å². The highest BCUT2D eigenvalue weighted by Gasteiger charge is 2.14. The molecule has 1 aliphatic rings. The molecule has 0 aliphatic carbocycles. The molecule has 1 fully saturated rings. The third kappa shape index (κ3) is 2.72. The summed E-state index contributed by atoms with van der Waals surface area (Å²) in [6.07, 6.45) is 6.69. The molecular formula is C11H18N2O2S. The number of aromatic amines is 1. The van der Waals surface area contributed by atoms with E-state index in [2.05, 4.69) is 4.98 Å². The molecule has 0 amide bonds. The zero-order valence-corrected chi connectivity index (χ0v) is 10.1. The van der Waals surface area contributed by atoms with Crippen LogP contribution in [0.2, 0.25) is 0 Å². The third-order valence-electron chi connectivity index (χ3n) is 3.06. The van der Waals surface area contributed by atoms with Gasteiger partial charge in [-0.15, -0.1) is 0 Å². The molecule has 16 heavy (non-hydrogen) atoms. The van der Waals surface area contributed by atoms with Gasteiger partial charge in [-0.05, 0) is 37.9 Å². The molecule has 4 nitrogen and oxygen atoms in total. The smallest absolute Gasteiger partial charge is 0.177 e. The number of H-pyrrole nitrogens is 1. The van der Waals surface area contributed by atoms with Gasteiger partial charge >= 0.3 is 0 Å². The maximum atomic E-state index is 9.15. The lowest BCUT2D eigenvalue weighted by Gasteiger charge is -2.22. The van der Waals surface area contributed by atoms with Gasteiger partial charge in [0, 0.05) is 19.3 Å². The van der Waals surface area contributed by atoms with Gasteiger partial charge in [0.05, 0.1) is 18.4 Å². The fourth-order valence-corrected chi connectivity index (χ4v) is 2.38. The van der Waals surface area contributed by atoms with E-state index in [1.807, 2.05) is 4.57 Å². The maximum Gasteiger partial charge on any atom is 0.177 e. The normalized spacial score (nSPS) is 21.2. The highest BCUT2D eigenvalue weighted by molar-refractivity contribution is 7.71. The van der Waals surface area contributed by atoms with Gasteiger partial charge in [-0.2, -0.15) is 0 Å². The van der Waals surface area contributed by atoms with Crippen molar-refractivity contribution in [1.82, 2.24) is 9.55 Å². The van der Waals surface area contributed by atoms with Gasteiger partial charge in [0.2, 0.25) is 0 Å². The Morgan fingerprint density at radius 3 is 3.12 bits per heavy atom. The minimum atomic E-state index is 0.0265. The van der Waals surface area contributed by atoms with Crippen molar-refractivity contribution < 1.29 is 9.84 Å². The van der Waals surface area contributed by atoms with E-state index in [9.17, 15) is 0 Å². The minimum absolute atomic E-state index is 0.0265. The second-order valence-electron chi connectivity index (χ2n) is 4.17. The Balaban J connectivity index is 1.93. The van der Waals surface area contributed by atoms with Crippen LogP contribution in [0.25, 0.3) is 0 Å². The van der Waals surface area contributed by atoms with Crippen molar-refractivity contribution in [3.8, 4) is 0 Å². The lowest BCUT2D eigenvalue weighted by Crippen LogP contribution is -2.21. The Morgan fingerprint density at radius 1 is 1.56 bits per heavy atom. The van der Waals surface area contributed by atoms with Crippen LogP contribution in [-0.2, 0) is 17.9 Å². The molecule has 2 rings (SSSR count). The van der Waals surface area contributed by atoms with E-state index >= 15 is 0 Å². The minimum Gasteiger partial charge on any atom is -0.390 e. The summed E-state index contributed by atoms with van der Waals surface area (Å²) in [5, 5.41) is 9.15. The Labute approximate surface area is 100 Å². The first-order valence-electron chi connectivity index (χ1n) is 5.81. The SMILES string of the molecule is OCc1c[nH]c(=S)n1CCC1CCCCO1. The molecular weight excluding hydrogens is 224 g/mol. The van der Waals surface area contributed by atoms with E-state index < -0.39 is 0 Å². The van der Waals surface area contributed by atoms with Crippen LogP contribution in [0.3, 0.4) is 0 Å². The van der Waals surface area contributed by atoms with Gasteiger partial charge in [0.15, 0.2) is 4.77 Å². The zero-order chi connectivity index (χ0) is 11.4. The van der Waals surface area contributed by atoms with Crippen LogP contribution < -0.4 is 0 Å². The fourth-order valence-electron chi connectivity index (χ4n) is 2.12. The molecule has 1 aromatic heterocycles. The van der Waals surface area contributed by atoms with Crippen LogP contribution in [-0.4, -0.2) is 27.4 Å². The number of imidazole rings is 1. The molecule has 0 spiro atoms. The molecule has 0 bridgehead atoms. The predicted octanol–water partition coefficient (Wildman–Crippen LogP) is 2.00. The number of ether oxygens (including phenoxy) is 1. The lowest BCUT2D eigenvalue weighted by molar-refractivity contribution is 0.00852. The summed E-state index contributed by atoms with van der Waals surface area (Å²) in [5.41, 5.74) is 0.848. The molecule has 1 aliphatic heterocycles. The topological polar surface area (TPSA) is 50.2 Å². The van der Waals surface area contributed by atoms with Crippen molar-refractivity contribution >= 4 is 12.2 Å². The molecule has 2 N–H and O–H groups in total. The number of hydrogen-bond acceptors (Lipinski definition) is 3. The van der Waals surface area contributed by atoms with Crippen molar-refractivity contribution in [3.63, 3.8) is 0 Å². The predicted molar refractivity (Wildman–Crippen MR) is 63.7 cm³/mol. The first-order valence-corrected chi connectivity index (χ1v) is 6.21. The number of aliphatic hydroxyl groups excluding tert-OH is 1. The van der Waals surface area contributed by atoms with Crippen LogP contribution in [0, 0.1) is 4.77 Å². The zero-order valence-electron chi connectivity index (χ0n) is 9.32. The van der Waals surface area contributed by atoms with Crippen molar-refractivity contribution in [2.75, 3.05) is 6.61 Å². The van der Waals surface area contributed by atoms with E-state index in [0.717, 1.165) is 31.7 Å². The molecule has 1 atom stereocenters. The molecule has 2 heterocycles. The van der Waals surface area contributed by atoms with Crippen LogP contribution in [0.1, 0.15) is 31.4 Å². The third-order valence-corrected chi connectivity index (χ3v) is 3.40. The van der Waals surface area contributed by atoms with Crippen LogP contribution >= 0.6 is 12.2 Å². The number of aliphatic hydroxyl groups is 1. The van der Waals surface area contributed by atoms with Crippen molar-refractivity contribution in [2.45, 2.75) is 44.9 Å². The molecule has 1 saturated heterocycles. The van der Waals surface area contributed by atoms with Gasteiger partial charge in [-0.3, -0.25) is 0 Å². The summed E-state index contributed by atoms with van der Waals surface area (Å²) < 4.78 is 8.30. The summed E-state index contributed by atoms with van der Waals surface area (Å²) in [7, 11) is 0. The summed E-state index contributed by atoms with van der Waals surface area (Å²) in [5.74, 6) is 0. The van der Waals surface area contributed by atoms with Gasteiger partial charge in [-0.25, -0.2) is 0 Å². The molecule has 90 valence electrons. The molecule has 0 saturated carbocycles. The van der Waals surface area contributed by atoms with E-state index in [1.54, 1.807) is 6.20 Å². The largest absolute Gasteiger partial charge is 0.390 e. The summed E-state index contributed by atoms with van der Waals surface area (Å²) in [6, 6.07) is 0. The van der Waals surface area contributed by atoms with E-state index in [0.29, 0.717) is 10.9 Å². The van der Waals surface area contributed by atoms with Crippen molar-refractivity contribution in [1.29, 1.82) is 0 Å². The molecule has 1 unspecified atom stereocenters. The first kappa shape index (κ1) is 11.8. The van der Waals surface area contributed by atoms with Crippen molar-refractivity contribution in [3.05, 3.63) is 16.7 Å². The highest BCUT2D eigenvalue weighted by Crippen LogP contribution is 2.17. The summed E-state index contributed by atoms with van der Waals surface area (Å²) in [4.78, 5) is 2.95. The van der Waals surface area contributed by atoms with E-state index in [-0.39, 0.29) is 6.61 Å². The van der Waals surface area contributed by atoms with Crippen molar-refractivity contribution in [2.24, 2.45) is 0 Å². The number of nitrogens with zero attached hydrogens (tertiary/aromatic N) is 1. The quantitative estimate of drug-likeness (QED) is 0.794. The Kier molecular flexibility index (Phi) is 4.15. The molecule has 1 aromatic rings. The number of hydrogen-bond donors (Lipinski definition) is 2. The van der Waals surface area contributed by atoms with Crippen LogP contribution in [0.15, 0.2) is 6.20 Å². The second-order valence-corrected chi connectivity index (χ2v) is 4.56. The Hall–Kier alpha value is -0.650.